The predicted molar refractivity (Wildman–Crippen MR) is 72.1 cm³/mol. The van der Waals surface area contributed by atoms with Crippen LogP contribution in [0.15, 0.2) is 12.3 Å². The highest BCUT2D eigenvalue weighted by Gasteiger charge is 2.29. The Bertz CT molecular complexity index is 642. The van der Waals surface area contributed by atoms with Crippen molar-refractivity contribution in [3.05, 3.63) is 29.5 Å². The number of carbonyl (C=O) groups excluding carboxylic acids is 1. The molecule has 3 rings (SSSR count). The zero-order valence-corrected chi connectivity index (χ0v) is 11.5. The Balaban J connectivity index is 1.93. The number of amides is 1. The van der Waals surface area contributed by atoms with Gasteiger partial charge in [-0.3, -0.25) is 9.20 Å². The Morgan fingerprint density at radius 1 is 1.42 bits per heavy atom. The number of hydrogen-bond donors (Lipinski definition) is 1. The first-order valence-corrected chi connectivity index (χ1v) is 6.69. The van der Waals surface area contributed by atoms with Gasteiger partial charge in [-0.2, -0.15) is 0 Å². The summed E-state index contributed by atoms with van der Waals surface area (Å²) in [5, 5.41) is 3.06. The summed E-state index contributed by atoms with van der Waals surface area (Å²) in [6.07, 6.45) is 4.29. The molecule has 19 heavy (non-hydrogen) atoms. The molecule has 2 aromatic rings. The van der Waals surface area contributed by atoms with Gasteiger partial charge in [-0.05, 0) is 45.6 Å². The van der Waals surface area contributed by atoms with E-state index in [2.05, 4.69) is 22.2 Å². The zero-order valence-electron chi connectivity index (χ0n) is 11.5. The lowest BCUT2D eigenvalue weighted by Gasteiger charge is -2.12. The number of fused-ring (bicyclic) bond motifs is 1. The van der Waals surface area contributed by atoms with E-state index in [1.165, 1.54) is 12.8 Å². The number of nitrogens with one attached hydrogen (secondary N) is 1. The van der Waals surface area contributed by atoms with Gasteiger partial charge in [0.15, 0.2) is 5.65 Å². The molecule has 1 saturated carbocycles. The van der Waals surface area contributed by atoms with Crippen LogP contribution in [0.4, 0.5) is 0 Å². The van der Waals surface area contributed by atoms with Crippen LogP contribution in [0.2, 0.25) is 0 Å². The topological polar surface area (TPSA) is 59.3 Å². The monoisotopic (exact) mass is 258 g/mol. The molecule has 0 bridgehead atoms. The van der Waals surface area contributed by atoms with Crippen molar-refractivity contribution in [2.75, 3.05) is 0 Å². The normalized spacial score (nSPS) is 16.6. The fourth-order valence-electron chi connectivity index (χ4n) is 2.44. The van der Waals surface area contributed by atoms with E-state index in [1.807, 2.05) is 30.5 Å². The van der Waals surface area contributed by atoms with Crippen LogP contribution in [0.1, 0.15) is 41.8 Å². The van der Waals surface area contributed by atoms with Crippen LogP contribution < -0.4 is 5.32 Å². The zero-order chi connectivity index (χ0) is 13.6. The van der Waals surface area contributed by atoms with Gasteiger partial charge in [0.2, 0.25) is 0 Å². The lowest BCUT2D eigenvalue weighted by Crippen LogP contribution is -2.34. The van der Waals surface area contributed by atoms with Gasteiger partial charge in [0.1, 0.15) is 11.6 Å². The molecule has 1 fully saturated rings. The van der Waals surface area contributed by atoms with Gasteiger partial charge in [0.05, 0.1) is 5.56 Å². The van der Waals surface area contributed by atoms with E-state index in [1.54, 1.807) is 0 Å². The van der Waals surface area contributed by atoms with Gasteiger partial charge in [-0.1, -0.05) is 0 Å². The Morgan fingerprint density at radius 2 is 2.16 bits per heavy atom. The molecule has 1 unspecified atom stereocenters. The van der Waals surface area contributed by atoms with Crippen molar-refractivity contribution in [2.24, 2.45) is 5.92 Å². The summed E-state index contributed by atoms with van der Waals surface area (Å²) in [6, 6.07) is 2.05. The molecule has 1 N–H and O–H groups in total. The van der Waals surface area contributed by atoms with Crippen molar-refractivity contribution in [3.63, 3.8) is 0 Å². The first-order chi connectivity index (χ1) is 9.06. The number of hydrogen-bond acceptors (Lipinski definition) is 3. The number of nitrogens with zero attached hydrogens (tertiary/aromatic N) is 3. The molecule has 0 spiro atoms. The summed E-state index contributed by atoms with van der Waals surface area (Å²) >= 11 is 0. The molecule has 1 aliphatic rings. The lowest BCUT2D eigenvalue weighted by molar-refractivity contribution is 0.0937. The minimum atomic E-state index is -0.0422. The largest absolute Gasteiger partial charge is 0.349 e. The fraction of sp³-hybridized carbons (Fsp3) is 0.500. The number of aromatic nitrogens is 3. The second-order valence-electron chi connectivity index (χ2n) is 5.34. The summed E-state index contributed by atoms with van der Waals surface area (Å²) in [4.78, 5) is 21.0. The maximum Gasteiger partial charge on any atom is 0.255 e. The summed E-state index contributed by atoms with van der Waals surface area (Å²) in [5.41, 5.74) is 1.31. The third-order valence-corrected chi connectivity index (χ3v) is 3.73. The van der Waals surface area contributed by atoms with Crippen molar-refractivity contribution >= 4 is 11.6 Å². The van der Waals surface area contributed by atoms with E-state index in [4.69, 9.17) is 0 Å². The van der Waals surface area contributed by atoms with E-state index >= 15 is 0 Å². The average molecular weight is 258 g/mol. The van der Waals surface area contributed by atoms with E-state index in [0.717, 1.165) is 5.82 Å². The summed E-state index contributed by atoms with van der Waals surface area (Å²) in [7, 11) is 0. The molecule has 1 amide bonds. The second-order valence-corrected chi connectivity index (χ2v) is 5.34. The molecule has 5 nitrogen and oxygen atoms in total. The smallest absolute Gasteiger partial charge is 0.255 e. The Kier molecular flexibility index (Phi) is 2.77. The molecule has 0 radical (unpaired) electrons. The van der Waals surface area contributed by atoms with Gasteiger partial charge in [0.25, 0.3) is 5.91 Å². The molecule has 5 heteroatoms. The highest BCUT2D eigenvalue weighted by molar-refractivity contribution is 6.00. The molecule has 2 heterocycles. The third-order valence-electron chi connectivity index (χ3n) is 3.73. The molecule has 100 valence electrons. The van der Waals surface area contributed by atoms with E-state index in [9.17, 15) is 4.79 Å². The Hall–Kier alpha value is -1.91. The SMILES string of the molecule is Cc1nc(C)n2ccc(C(=O)NC(C)C3CC3)c2n1. The maximum absolute atomic E-state index is 12.3. The van der Waals surface area contributed by atoms with Gasteiger partial charge in [-0.15, -0.1) is 0 Å². The molecule has 0 saturated heterocycles. The quantitative estimate of drug-likeness (QED) is 0.914. The first kappa shape index (κ1) is 12.1. The number of carbonyl (C=O) groups is 1. The number of aryl methyl sites for hydroxylation is 2. The lowest BCUT2D eigenvalue weighted by atomic mass is 10.2. The second kappa shape index (κ2) is 4.33. The minimum Gasteiger partial charge on any atom is -0.349 e. The van der Waals surface area contributed by atoms with Gasteiger partial charge >= 0.3 is 0 Å². The first-order valence-electron chi connectivity index (χ1n) is 6.69. The summed E-state index contributed by atoms with van der Waals surface area (Å²) < 4.78 is 1.85. The van der Waals surface area contributed by atoms with E-state index in [-0.39, 0.29) is 11.9 Å². The van der Waals surface area contributed by atoms with Crippen LogP contribution in [0, 0.1) is 19.8 Å². The molecule has 2 aromatic heterocycles. The average Bonchev–Trinajstić information content (AvgIpc) is 3.09. The third kappa shape index (κ3) is 2.20. The van der Waals surface area contributed by atoms with Crippen LogP contribution >= 0.6 is 0 Å². The van der Waals surface area contributed by atoms with Crippen LogP contribution in [-0.4, -0.2) is 26.3 Å². The fourth-order valence-corrected chi connectivity index (χ4v) is 2.44. The van der Waals surface area contributed by atoms with Crippen LogP contribution in [0.3, 0.4) is 0 Å². The van der Waals surface area contributed by atoms with Crippen molar-refractivity contribution in [3.8, 4) is 0 Å². The Labute approximate surface area is 112 Å². The van der Waals surface area contributed by atoms with Crippen molar-refractivity contribution in [1.29, 1.82) is 0 Å². The molecule has 1 aliphatic carbocycles. The van der Waals surface area contributed by atoms with Crippen molar-refractivity contribution in [2.45, 2.75) is 39.7 Å². The van der Waals surface area contributed by atoms with Crippen molar-refractivity contribution < 1.29 is 4.79 Å². The number of rotatable bonds is 3. The minimum absolute atomic E-state index is 0.0422. The highest BCUT2D eigenvalue weighted by Crippen LogP contribution is 2.32. The van der Waals surface area contributed by atoms with Gasteiger partial charge in [-0.25, -0.2) is 9.97 Å². The summed E-state index contributed by atoms with van der Waals surface area (Å²) in [5.74, 6) is 2.14. The van der Waals surface area contributed by atoms with Gasteiger partial charge < -0.3 is 5.32 Å². The molecule has 0 aromatic carbocycles. The molecular formula is C14H18N4O. The Morgan fingerprint density at radius 3 is 2.84 bits per heavy atom. The predicted octanol–water partition coefficient (Wildman–Crippen LogP) is 1.87. The molecular weight excluding hydrogens is 240 g/mol. The molecule has 1 atom stereocenters. The van der Waals surface area contributed by atoms with Gasteiger partial charge in [0, 0.05) is 12.2 Å². The van der Waals surface area contributed by atoms with Crippen molar-refractivity contribution in [1.82, 2.24) is 19.7 Å². The van der Waals surface area contributed by atoms with Crippen LogP contribution in [-0.2, 0) is 0 Å². The highest BCUT2D eigenvalue weighted by atomic mass is 16.1. The standard InChI is InChI=1S/C14H18N4O/c1-8(11-4-5-11)15-14(19)12-6-7-18-10(3)16-9(2)17-13(12)18/h6-8,11H,4-5H2,1-3H3,(H,15,19). The summed E-state index contributed by atoms with van der Waals surface area (Å²) in [6.45, 7) is 5.82. The van der Waals surface area contributed by atoms with Crippen LogP contribution in [0.5, 0.6) is 0 Å². The van der Waals surface area contributed by atoms with Crippen LogP contribution in [0.25, 0.3) is 5.65 Å². The maximum atomic E-state index is 12.3. The molecule has 0 aliphatic heterocycles. The van der Waals surface area contributed by atoms with E-state index in [0.29, 0.717) is 23.0 Å². The van der Waals surface area contributed by atoms with E-state index < -0.39 is 0 Å².